The number of aliphatic carboxylic acids is 1. The minimum Gasteiger partial charge on any atom is -0.550 e. The Hall–Kier alpha value is -1.57. The van der Waals surface area contributed by atoms with Crippen molar-refractivity contribution in [2.45, 2.75) is 96.8 Å². The zero-order valence-corrected chi connectivity index (χ0v) is 18.1. The van der Waals surface area contributed by atoms with Gasteiger partial charge in [-0.2, -0.15) is 0 Å². The van der Waals surface area contributed by atoms with Crippen LogP contribution in [-0.4, -0.2) is 41.2 Å². The van der Waals surface area contributed by atoms with Crippen molar-refractivity contribution < 1.29 is 35.0 Å². The summed E-state index contributed by atoms with van der Waals surface area (Å²) in [6.45, 7) is 0.879. The van der Waals surface area contributed by atoms with Gasteiger partial charge >= 0.3 is 11.8 Å². The number of allylic oxidation sites excluding steroid dienone is 2. The molecule has 0 atom stereocenters. The van der Waals surface area contributed by atoms with Gasteiger partial charge in [-0.05, 0) is 38.5 Å². The third-order valence-electron chi connectivity index (χ3n) is 4.28. The number of hydrogen-bond donors (Lipinski definition) is 3. The molecule has 7 heteroatoms. The van der Waals surface area contributed by atoms with Crippen LogP contribution >= 0.6 is 0 Å². The molecule has 4 N–H and O–H groups in total. The minimum atomic E-state index is -0.914. The third kappa shape index (κ3) is 28.7. The van der Waals surface area contributed by atoms with Crippen LogP contribution in [-0.2, 0) is 14.4 Å². The normalized spacial score (nSPS) is 10.6. The number of carbonyl (C=O) groups is 3. The predicted molar refractivity (Wildman–Crippen MR) is 111 cm³/mol. The maximum Gasteiger partial charge on any atom is 0.343 e. The summed E-state index contributed by atoms with van der Waals surface area (Å²) in [7, 11) is 0. The Balaban J connectivity index is 0. The fourth-order valence-corrected chi connectivity index (χ4v) is 2.61. The van der Waals surface area contributed by atoms with E-state index in [1.165, 1.54) is 64.2 Å². The lowest BCUT2D eigenvalue weighted by molar-refractivity contribution is -0.490. The molecule has 0 fully saturated rings. The van der Waals surface area contributed by atoms with Crippen LogP contribution in [0.2, 0.25) is 0 Å². The highest BCUT2D eigenvalue weighted by Crippen LogP contribution is 2.09. The number of aliphatic hydroxyl groups excluding tert-OH is 2. The molecule has 170 valence electrons. The van der Waals surface area contributed by atoms with Gasteiger partial charge in [0.15, 0.2) is 13.2 Å². The van der Waals surface area contributed by atoms with E-state index >= 15 is 0 Å². The van der Waals surface area contributed by atoms with Gasteiger partial charge in [-0.15, -0.1) is 0 Å². The Labute approximate surface area is 175 Å². The molecule has 0 spiro atoms. The van der Waals surface area contributed by atoms with Crippen LogP contribution in [0.15, 0.2) is 12.2 Å². The minimum absolute atomic E-state index is 0.220. The van der Waals surface area contributed by atoms with Crippen molar-refractivity contribution in [2.24, 2.45) is 0 Å². The number of nitrogens with two attached hydrogens (primary N) is 1. The maximum absolute atomic E-state index is 10.2. The molecule has 0 aliphatic heterocycles. The lowest BCUT2D eigenvalue weighted by Crippen LogP contribution is -2.93. The van der Waals surface area contributed by atoms with E-state index in [1.54, 1.807) is 0 Å². The smallest absolute Gasteiger partial charge is 0.343 e. The van der Waals surface area contributed by atoms with Crippen LogP contribution in [0.5, 0.6) is 0 Å². The van der Waals surface area contributed by atoms with E-state index in [0.717, 1.165) is 19.3 Å². The lowest BCUT2D eigenvalue weighted by atomic mass is 10.1. The Bertz CT molecular complexity index is 423. The molecular formula is C22H41NO6. The first-order valence-electron chi connectivity index (χ1n) is 10.9. The molecule has 7 nitrogen and oxygen atoms in total. The van der Waals surface area contributed by atoms with E-state index in [-0.39, 0.29) is 6.42 Å². The molecule has 0 unspecified atom stereocenters. The summed E-state index contributed by atoms with van der Waals surface area (Å²) in [6.07, 6.45) is 20.9. The highest BCUT2D eigenvalue weighted by Gasteiger charge is 2.09. The Morgan fingerprint density at radius 2 is 1.14 bits per heavy atom. The number of amides is 2. The SMILES string of the molecule is CCCCCCCC/C=C\CCCCCCCC(=O)[O-].O=C(CO)[NH2+]C(=O)CO. The first-order chi connectivity index (χ1) is 14.0. The maximum atomic E-state index is 10.2. The van der Waals surface area contributed by atoms with E-state index in [9.17, 15) is 19.5 Å². The molecule has 0 aromatic carbocycles. The second-order valence-corrected chi connectivity index (χ2v) is 7.10. The monoisotopic (exact) mass is 415 g/mol. The van der Waals surface area contributed by atoms with Crippen LogP contribution in [0.4, 0.5) is 0 Å². The molecule has 0 aliphatic rings. The van der Waals surface area contributed by atoms with E-state index in [2.05, 4.69) is 19.1 Å². The highest BCUT2D eigenvalue weighted by molar-refractivity contribution is 5.79. The van der Waals surface area contributed by atoms with Crippen LogP contribution in [0, 0.1) is 0 Å². The zero-order chi connectivity index (χ0) is 22.2. The molecule has 29 heavy (non-hydrogen) atoms. The van der Waals surface area contributed by atoms with Crippen LogP contribution in [0.3, 0.4) is 0 Å². The molecule has 0 aliphatic carbocycles. The Morgan fingerprint density at radius 3 is 1.55 bits per heavy atom. The summed E-state index contributed by atoms with van der Waals surface area (Å²) in [6, 6.07) is 0. The van der Waals surface area contributed by atoms with Gasteiger partial charge in [0.05, 0.1) is 0 Å². The fourth-order valence-electron chi connectivity index (χ4n) is 2.61. The van der Waals surface area contributed by atoms with Gasteiger partial charge in [0.1, 0.15) is 0 Å². The third-order valence-corrected chi connectivity index (χ3v) is 4.28. The first-order valence-corrected chi connectivity index (χ1v) is 10.9. The molecule has 0 saturated heterocycles. The number of unbranched alkanes of at least 4 members (excludes halogenated alkanes) is 11. The molecule has 0 rings (SSSR count). The van der Waals surface area contributed by atoms with Crippen molar-refractivity contribution in [2.75, 3.05) is 13.2 Å². The number of primary amides is 2. The zero-order valence-electron chi connectivity index (χ0n) is 18.1. The summed E-state index contributed by atoms with van der Waals surface area (Å²) in [5.41, 5.74) is 0. The first kappa shape index (κ1) is 29.6. The van der Waals surface area contributed by atoms with Gasteiger partial charge in [0.25, 0.3) is 0 Å². The van der Waals surface area contributed by atoms with Crippen LogP contribution in [0.25, 0.3) is 0 Å². The second-order valence-electron chi connectivity index (χ2n) is 7.10. The van der Waals surface area contributed by atoms with E-state index < -0.39 is 31.0 Å². The average Bonchev–Trinajstić information content (AvgIpc) is 2.70. The summed E-state index contributed by atoms with van der Waals surface area (Å²) < 4.78 is 0. The molecule has 0 aromatic rings. The van der Waals surface area contributed by atoms with Gasteiger partial charge in [-0.25, -0.2) is 14.9 Å². The number of quaternary nitrogens is 1. The van der Waals surface area contributed by atoms with Crippen molar-refractivity contribution in [1.29, 1.82) is 0 Å². The summed E-state index contributed by atoms with van der Waals surface area (Å²) in [4.78, 5) is 30.5. The topological polar surface area (TPSA) is 131 Å². The molecule has 0 radical (unpaired) electrons. The van der Waals surface area contributed by atoms with E-state index in [0.29, 0.717) is 5.32 Å². The molecule has 0 bridgehead atoms. The fraction of sp³-hybridized carbons (Fsp3) is 0.773. The number of aliphatic hydroxyl groups is 2. The lowest BCUT2D eigenvalue weighted by Gasteiger charge is -2.01. The summed E-state index contributed by atoms with van der Waals surface area (Å²) in [5, 5.41) is 27.0. The van der Waals surface area contributed by atoms with Crippen molar-refractivity contribution >= 4 is 17.8 Å². The van der Waals surface area contributed by atoms with Gasteiger partial charge in [0, 0.05) is 5.97 Å². The number of carboxylic acids is 1. The van der Waals surface area contributed by atoms with E-state index in [1.807, 2.05) is 0 Å². The standard InChI is InChI=1S/C18H34O2.C4H7NO4/c1-2-3-4-5-6-7-8-9-10-11-12-13-14-15-16-17-18(19)20;6-1-3(8)5-4(9)2-7/h9-10H,2-8,11-17H2,1H3,(H,19,20);6-7H,1-2H2,(H,5,8,9)/b10-9-;. The highest BCUT2D eigenvalue weighted by atomic mass is 16.4. The molecule has 0 heterocycles. The number of hydrogen-bond acceptors (Lipinski definition) is 6. The van der Waals surface area contributed by atoms with Crippen molar-refractivity contribution in [3.8, 4) is 0 Å². The number of carbonyl (C=O) groups excluding carboxylic acids is 3. The molecular weight excluding hydrogens is 374 g/mol. The van der Waals surface area contributed by atoms with Gasteiger partial charge in [-0.1, -0.05) is 70.4 Å². The number of rotatable bonds is 17. The second kappa shape index (κ2) is 24.5. The average molecular weight is 416 g/mol. The molecule has 0 aromatic heterocycles. The Morgan fingerprint density at radius 1 is 0.724 bits per heavy atom. The van der Waals surface area contributed by atoms with Gasteiger partial charge in [0.2, 0.25) is 0 Å². The van der Waals surface area contributed by atoms with Crippen molar-refractivity contribution in [3.63, 3.8) is 0 Å². The van der Waals surface area contributed by atoms with Crippen molar-refractivity contribution in [1.82, 2.24) is 0 Å². The Kier molecular flexibility index (Phi) is 25.0. The number of carboxylic acid groups (broad SMARTS) is 1. The quantitative estimate of drug-likeness (QED) is 0.243. The van der Waals surface area contributed by atoms with E-state index in [4.69, 9.17) is 10.2 Å². The molecule has 2 amide bonds. The van der Waals surface area contributed by atoms with Crippen molar-refractivity contribution in [3.05, 3.63) is 12.2 Å². The van der Waals surface area contributed by atoms with Crippen LogP contribution < -0.4 is 10.4 Å². The van der Waals surface area contributed by atoms with Crippen LogP contribution in [0.1, 0.15) is 96.8 Å². The number of imide groups is 1. The largest absolute Gasteiger partial charge is 0.550 e. The van der Waals surface area contributed by atoms with Gasteiger partial charge in [-0.3, -0.25) is 0 Å². The van der Waals surface area contributed by atoms with Gasteiger partial charge < -0.3 is 20.1 Å². The summed E-state index contributed by atoms with van der Waals surface area (Å²) >= 11 is 0. The molecule has 0 saturated carbocycles. The summed E-state index contributed by atoms with van der Waals surface area (Å²) in [5.74, 6) is -2.29. The predicted octanol–water partition coefficient (Wildman–Crippen LogP) is 1.36.